The van der Waals surface area contributed by atoms with Crippen molar-refractivity contribution in [2.75, 3.05) is 6.54 Å². The number of nitriles is 1. The van der Waals surface area contributed by atoms with Gasteiger partial charge in [-0.25, -0.2) is 0 Å². The molecular formula is C17H22N2O. The van der Waals surface area contributed by atoms with Gasteiger partial charge in [0.05, 0.1) is 6.07 Å². The van der Waals surface area contributed by atoms with E-state index in [0.29, 0.717) is 19.4 Å². The van der Waals surface area contributed by atoms with E-state index in [0.717, 1.165) is 19.4 Å². The van der Waals surface area contributed by atoms with Crippen molar-refractivity contribution < 1.29 is 4.79 Å². The van der Waals surface area contributed by atoms with Crippen molar-refractivity contribution in [3.05, 3.63) is 35.4 Å². The number of fused-ring (bicyclic) bond motifs is 1. The molecule has 3 nitrogen and oxygen atoms in total. The lowest BCUT2D eigenvalue weighted by Crippen LogP contribution is -2.42. The highest BCUT2D eigenvalue weighted by atomic mass is 16.2. The van der Waals surface area contributed by atoms with Crippen LogP contribution in [-0.4, -0.2) is 17.4 Å². The highest BCUT2D eigenvalue weighted by Gasteiger charge is 2.38. The van der Waals surface area contributed by atoms with E-state index in [1.54, 1.807) is 0 Å². The van der Waals surface area contributed by atoms with Gasteiger partial charge < -0.3 is 4.90 Å². The Balaban J connectivity index is 2.26. The molecule has 1 amide bonds. The maximum atomic E-state index is 12.8. The summed E-state index contributed by atoms with van der Waals surface area (Å²) in [6.07, 6.45) is 3.14. The second-order valence-electron chi connectivity index (χ2n) is 5.50. The van der Waals surface area contributed by atoms with Gasteiger partial charge in [0.2, 0.25) is 5.91 Å². The Kier molecular flexibility index (Phi) is 4.44. The van der Waals surface area contributed by atoms with Crippen molar-refractivity contribution in [3.63, 3.8) is 0 Å². The Labute approximate surface area is 121 Å². The third kappa shape index (κ3) is 2.56. The van der Waals surface area contributed by atoms with Gasteiger partial charge in [-0.2, -0.15) is 5.26 Å². The lowest BCUT2D eigenvalue weighted by atomic mass is 9.82. The van der Waals surface area contributed by atoms with Crippen molar-refractivity contribution in [2.24, 2.45) is 5.41 Å². The molecular weight excluding hydrogens is 248 g/mol. The molecule has 1 aromatic rings. The minimum absolute atomic E-state index is 0.00158. The Morgan fingerprint density at radius 1 is 1.30 bits per heavy atom. The van der Waals surface area contributed by atoms with E-state index in [1.165, 1.54) is 11.1 Å². The fraction of sp³-hybridized carbons (Fsp3) is 0.529. The van der Waals surface area contributed by atoms with Crippen LogP contribution in [0, 0.1) is 16.7 Å². The predicted octanol–water partition coefficient (Wildman–Crippen LogP) is 3.29. The minimum Gasteiger partial charge on any atom is -0.337 e. The van der Waals surface area contributed by atoms with E-state index in [9.17, 15) is 10.1 Å². The van der Waals surface area contributed by atoms with Crippen LogP contribution in [0.2, 0.25) is 0 Å². The molecule has 1 aliphatic heterocycles. The van der Waals surface area contributed by atoms with E-state index in [4.69, 9.17) is 0 Å². The summed E-state index contributed by atoms with van der Waals surface area (Å²) < 4.78 is 0. The number of hydrogen-bond acceptors (Lipinski definition) is 2. The zero-order chi connectivity index (χ0) is 14.6. The number of benzene rings is 1. The van der Waals surface area contributed by atoms with Crippen LogP contribution in [0.1, 0.15) is 44.2 Å². The second-order valence-corrected chi connectivity index (χ2v) is 5.50. The summed E-state index contributed by atoms with van der Waals surface area (Å²) in [5.41, 5.74) is 1.70. The molecule has 0 aromatic heterocycles. The first-order valence-electron chi connectivity index (χ1n) is 7.44. The molecule has 0 fully saturated rings. The summed E-state index contributed by atoms with van der Waals surface area (Å²) in [4.78, 5) is 14.7. The quantitative estimate of drug-likeness (QED) is 0.846. The number of nitrogens with zero attached hydrogens (tertiary/aromatic N) is 2. The van der Waals surface area contributed by atoms with Crippen molar-refractivity contribution in [1.82, 2.24) is 4.90 Å². The number of amides is 1. The molecule has 0 aliphatic carbocycles. The lowest BCUT2D eigenvalue weighted by molar-refractivity contribution is -0.140. The van der Waals surface area contributed by atoms with Crippen molar-refractivity contribution >= 4 is 5.91 Å². The normalized spacial score (nSPS) is 15.2. The Morgan fingerprint density at radius 3 is 2.55 bits per heavy atom. The molecule has 3 heteroatoms. The molecule has 0 saturated heterocycles. The van der Waals surface area contributed by atoms with E-state index >= 15 is 0 Å². The van der Waals surface area contributed by atoms with Crippen LogP contribution in [0.4, 0.5) is 0 Å². The van der Waals surface area contributed by atoms with Crippen LogP contribution in [0.3, 0.4) is 0 Å². The van der Waals surface area contributed by atoms with Gasteiger partial charge in [-0.1, -0.05) is 38.1 Å². The molecule has 20 heavy (non-hydrogen) atoms. The van der Waals surface area contributed by atoms with Crippen LogP contribution >= 0.6 is 0 Å². The molecule has 0 bridgehead atoms. The first-order chi connectivity index (χ1) is 9.66. The number of aryl methyl sites for hydroxylation is 1. The maximum Gasteiger partial charge on any atom is 0.243 e. The average Bonchev–Trinajstić information content (AvgIpc) is 2.71. The molecule has 0 radical (unpaired) electrons. The van der Waals surface area contributed by atoms with Gasteiger partial charge in [-0.15, -0.1) is 0 Å². The van der Waals surface area contributed by atoms with Gasteiger partial charge in [-0.3, -0.25) is 4.79 Å². The molecule has 1 heterocycles. The summed E-state index contributed by atoms with van der Waals surface area (Å²) in [6, 6.07) is 10.6. The summed E-state index contributed by atoms with van der Waals surface area (Å²) in [5, 5.41) is 9.45. The molecule has 106 valence electrons. The van der Waals surface area contributed by atoms with E-state index in [2.05, 4.69) is 18.2 Å². The highest BCUT2D eigenvalue weighted by molar-refractivity contribution is 5.85. The minimum atomic E-state index is -0.848. The molecule has 1 aromatic carbocycles. The Hall–Kier alpha value is -1.82. The third-order valence-corrected chi connectivity index (χ3v) is 4.47. The largest absolute Gasteiger partial charge is 0.337 e. The summed E-state index contributed by atoms with van der Waals surface area (Å²) in [5.74, 6) is 0.00158. The first-order valence-corrected chi connectivity index (χ1v) is 7.44. The fourth-order valence-electron chi connectivity index (χ4n) is 2.94. The first kappa shape index (κ1) is 14.6. The molecule has 0 atom stereocenters. The smallest absolute Gasteiger partial charge is 0.243 e. The predicted molar refractivity (Wildman–Crippen MR) is 78.8 cm³/mol. The van der Waals surface area contributed by atoms with Gasteiger partial charge in [-0.05, 0) is 36.8 Å². The highest BCUT2D eigenvalue weighted by Crippen LogP contribution is 2.30. The van der Waals surface area contributed by atoms with Crippen molar-refractivity contribution in [1.29, 1.82) is 5.26 Å². The standard InChI is InChI=1S/C17H22N2O/c1-3-17(4-2,13-18)16(20)19-11-7-10-14-8-5-6-9-15(14)12-19/h5-6,8-9H,3-4,7,10-12H2,1-2H3. The van der Waals surface area contributed by atoms with Crippen LogP contribution < -0.4 is 0 Å². The van der Waals surface area contributed by atoms with Crippen molar-refractivity contribution in [3.8, 4) is 6.07 Å². The topological polar surface area (TPSA) is 44.1 Å². The molecule has 1 aliphatic rings. The molecule has 0 N–H and O–H groups in total. The Morgan fingerprint density at radius 2 is 1.95 bits per heavy atom. The van der Waals surface area contributed by atoms with E-state index in [-0.39, 0.29) is 5.91 Å². The van der Waals surface area contributed by atoms with Gasteiger partial charge in [0.1, 0.15) is 5.41 Å². The lowest BCUT2D eigenvalue weighted by Gasteiger charge is -2.30. The number of rotatable bonds is 3. The zero-order valence-electron chi connectivity index (χ0n) is 12.4. The molecule has 0 unspecified atom stereocenters. The SMILES string of the molecule is CCC(C#N)(CC)C(=O)N1CCCc2ccccc2C1. The fourth-order valence-corrected chi connectivity index (χ4v) is 2.94. The van der Waals surface area contributed by atoms with Crippen LogP contribution in [0.5, 0.6) is 0 Å². The number of carbonyl (C=O) groups excluding carboxylic acids is 1. The van der Waals surface area contributed by atoms with Crippen LogP contribution in [0.15, 0.2) is 24.3 Å². The van der Waals surface area contributed by atoms with Gasteiger partial charge in [0.25, 0.3) is 0 Å². The monoisotopic (exact) mass is 270 g/mol. The number of hydrogen-bond donors (Lipinski definition) is 0. The number of carbonyl (C=O) groups is 1. The molecule has 0 spiro atoms. The molecule has 0 saturated carbocycles. The maximum absolute atomic E-state index is 12.8. The van der Waals surface area contributed by atoms with Crippen LogP contribution in [0.25, 0.3) is 0 Å². The average molecular weight is 270 g/mol. The van der Waals surface area contributed by atoms with Crippen LogP contribution in [-0.2, 0) is 17.8 Å². The van der Waals surface area contributed by atoms with Crippen molar-refractivity contribution in [2.45, 2.75) is 46.1 Å². The van der Waals surface area contributed by atoms with E-state index < -0.39 is 5.41 Å². The van der Waals surface area contributed by atoms with E-state index in [1.807, 2.05) is 30.9 Å². The van der Waals surface area contributed by atoms with Gasteiger partial charge in [0, 0.05) is 13.1 Å². The zero-order valence-corrected chi connectivity index (χ0v) is 12.4. The third-order valence-electron chi connectivity index (χ3n) is 4.47. The van der Waals surface area contributed by atoms with Gasteiger partial charge in [0.15, 0.2) is 0 Å². The summed E-state index contributed by atoms with van der Waals surface area (Å²) in [7, 11) is 0. The second kappa shape index (κ2) is 6.09. The summed E-state index contributed by atoms with van der Waals surface area (Å²) in [6.45, 7) is 5.24. The molecule has 2 rings (SSSR count). The summed E-state index contributed by atoms with van der Waals surface area (Å²) >= 11 is 0. The van der Waals surface area contributed by atoms with Gasteiger partial charge >= 0.3 is 0 Å². The Bertz CT molecular complexity index is 526.